The molecule has 2 heterocycles. The third-order valence-electron chi connectivity index (χ3n) is 11.8. The summed E-state index contributed by atoms with van der Waals surface area (Å²) in [7, 11) is 0. The van der Waals surface area contributed by atoms with Crippen LogP contribution in [0.4, 0.5) is 0 Å². The zero-order chi connectivity index (χ0) is 35.3. The highest BCUT2D eigenvalue weighted by atomic mass is 16.3. The molecule has 1 atom stereocenters. The van der Waals surface area contributed by atoms with Crippen LogP contribution in [0.3, 0.4) is 0 Å². The second-order valence-electron chi connectivity index (χ2n) is 14.7. The van der Waals surface area contributed by atoms with E-state index in [2.05, 4.69) is 164 Å². The fraction of sp³-hybridized carbons (Fsp3) is 0.0385. The predicted octanol–water partition coefficient (Wildman–Crippen LogP) is 14.7. The summed E-state index contributed by atoms with van der Waals surface area (Å²) in [6.45, 7) is 0. The lowest BCUT2D eigenvalue weighted by Crippen LogP contribution is -2.07. The Hall–Kier alpha value is -6.90. The molecule has 2 aromatic heterocycles. The first-order valence-electron chi connectivity index (χ1n) is 18.8. The number of fused-ring (bicyclic) bond motifs is 12. The summed E-state index contributed by atoms with van der Waals surface area (Å²) in [5, 5.41) is 11.9. The molecule has 0 bridgehead atoms. The Morgan fingerprint density at radius 3 is 1.91 bits per heavy atom. The minimum Gasteiger partial charge on any atom is -0.456 e. The van der Waals surface area contributed by atoms with Gasteiger partial charge in [0.25, 0.3) is 0 Å². The number of furan rings is 2. The van der Waals surface area contributed by atoms with Crippen molar-refractivity contribution in [3.63, 3.8) is 0 Å². The van der Waals surface area contributed by atoms with Gasteiger partial charge in [0.2, 0.25) is 0 Å². The second kappa shape index (κ2) is 11.3. The maximum Gasteiger partial charge on any atom is 0.143 e. The van der Waals surface area contributed by atoms with E-state index >= 15 is 0 Å². The van der Waals surface area contributed by atoms with Gasteiger partial charge in [-0.2, -0.15) is 0 Å². The Bertz CT molecular complexity index is 3300. The van der Waals surface area contributed by atoms with Crippen molar-refractivity contribution in [2.45, 2.75) is 6.42 Å². The minimum absolute atomic E-state index is 0.417. The average Bonchev–Trinajstić information content (AvgIpc) is 3.81. The van der Waals surface area contributed by atoms with E-state index < -0.39 is 0 Å². The molecule has 0 amide bonds. The van der Waals surface area contributed by atoms with Gasteiger partial charge in [0.1, 0.15) is 22.3 Å². The van der Waals surface area contributed by atoms with Crippen molar-refractivity contribution in [2.24, 2.45) is 5.92 Å². The molecule has 2 nitrogen and oxygen atoms in total. The molecule has 0 saturated heterocycles. The van der Waals surface area contributed by atoms with Gasteiger partial charge in [0.15, 0.2) is 0 Å². The van der Waals surface area contributed by atoms with Crippen LogP contribution in [0.5, 0.6) is 0 Å². The molecule has 0 aliphatic heterocycles. The van der Waals surface area contributed by atoms with Crippen LogP contribution >= 0.6 is 0 Å². The average molecular weight is 689 g/mol. The summed E-state index contributed by atoms with van der Waals surface area (Å²) in [4.78, 5) is 0. The normalized spacial score (nSPS) is 15.6. The van der Waals surface area contributed by atoms with Gasteiger partial charge in [-0.3, -0.25) is 0 Å². The number of benzene rings is 8. The highest BCUT2D eigenvalue weighted by Crippen LogP contribution is 2.46. The summed E-state index contributed by atoms with van der Waals surface area (Å²) < 4.78 is 12.8. The van der Waals surface area contributed by atoms with Crippen molar-refractivity contribution in [1.29, 1.82) is 0 Å². The molecule has 252 valence electrons. The summed E-state index contributed by atoms with van der Waals surface area (Å²) in [5.41, 5.74) is 12.6. The van der Waals surface area contributed by atoms with Crippen LogP contribution in [-0.2, 0) is 0 Å². The minimum atomic E-state index is 0.417. The third-order valence-corrected chi connectivity index (χ3v) is 11.8. The van der Waals surface area contributed by atoms with Crippen LogP contribution < -0.4 is 0 Å². The van der Waals surface area contributed by atoms with E-state index in [0.717, 1.165) is 66.6 Å². The fourth-order valence-electron chi connectivity index (χ4n) is 9.33. The Balaban J connectivity index is 1.02. The SMILES string of the molecule is C1=CC2=CC=C(c3c4ccccc4c(-c4cccc(-c5ccc6oc7c(ccc8c7ccc7oc9ccccc9c78)c6c5)c4)c4ccccc34)CC2C=C1. The number of hydrogen-bond acceptors (Lipinski definition) is 2. The molecule has 10 aromatic rings. The van der Waals surface area contributed by atoms with Gasteiger partial charge in [0, 0.05) is 32.8 Å². The Morgan fingerprint density at radius 1 is 0.426 bits per heavy atom. The maximum absolute atomic E-state index is 6.63. The van der Waals surface area contributed by atoms with E-state index in [1.807, 2.05) is 12.1 Å². The van der Waals surface area contributed by atoms with E-state index in [9.17, 15) is 0 Å². The monoisotopic (exact) mass is 688 g/mol. The topological polar surface area (TPSA) is 26.3 Å². The molecule has 2 aliphatic carbocycles. The van der Waals surface area contributed by atoms with E-state index in [1.54, 1.807) is 0 Å². The number of rotatable bonds is 3. The smallest absolute Gasteiger partial charge is 0.143 e. The Morgan fingerprint density at radius 2 is 1.07 bits per heavy atom. The van der Waals surface area contributed by atoms with Gasteiger partial charge in [-0.15, -0.1) is 0 Å². The van der Waals surface area contributed by atoms with Crippen molar-refractivity contribution in [1.82, 2.24) is 0 Å². The van der Waals surface area contributed by atoms with Crippen LogP contribution in [0.2, 0.25) is 0 Å². The van der Waals surface area contributed by atoms with E-state index in [4.69, 9.17) is 8.83 Å². The lowest BCUT2D eigenvalue weighted by molar-refractivity contribution is 0.669. The van der Waals surface area contributed by atoms with Crippen LogP contribution in [-0.4, -0.2) is 0 Å². The molecule has 0 saturated carbocycles. The molecule has 0 radical (unpaired) electrons. The molecule has 54 heavy (non-hydrogen) atoms. The molecule has 0 N–H and O–H groups in total. The van der Waals surface area contributed by atoms with Crippen LogP contribution in [0, 0.1) is 5.92 Å². The predicted molar refractivity (Wildman–Crippen MR) is 227 cm³/mol. The van der Waals surface area contributed by atoms with E-state index in [-0.39, 0.29) is 0 Å². The molecule has 0 fully saturated rings. The fourth-order valence-corrected chi connectivity index (χ4v) is 9.33. The first kappa shape index (κ1) is 29.7. The number of hydrogen-bond donors (Lipinski definition) is 0. The molecule has 1 unspecified atom stereocenters. The van der Waals surface area contributed by atoms with Gasteiger partial charge in [-0.05, 0) is 115 Å². The first-order valence-corrected chi connectivity index (χ1v) is 18.8. The quantitative estimate of drug-likeness (QED) is 0.173. The zero-order valence-corrected chi connectivity index (χ0v) is 29.3. The molecular formula is C52H32O2. The Labute approximate surface area is 311 Å². The van der Waals surface area contributed by atoms with Crippen molar-refractivity contribution in [3.05, 3.63) is 187 Å². The molecule has 0 spiro atoms. The van der Waals surface area contributed by atoms with Crippen LogP contribution in [0.25, 0.3) is 104 Å². The summed E-state index contributed by atoms with van der Waals surface area (Å²) in [6, 6.07) is 50.5. The van der Waals surface area contributed by atoms with Gasteiger partial charge in [0.05, 0.1) is 0 Å². The molecular weight excluding hydrogens is 657 g/mol. The highest BCUT2D eigenvalue weighted by Gasteiger charge is 2.23. The molecule has 2 aliphatic rings. The largest absolute Gasteiger partial charge is 0.456 e. The zero-order valence-electron chi connectivity index (χ0n) is 29.3. The summed E-state index contributed by atoms with van der Waals surface area (Å²) >= 11 is 0. The maximum atomic E-state index is 6.63. The first-order chi connectivity index (χ1) is 26.8. The van der Waals surface area contributed by atoms with Crippen LogP contribution in [0.15, 0.2) is 190 Å². The van der Waals surface area contributed by atoms with Crippen molar-refractivity contribution in [3.8, 4) is 22.3 Å². The van der Waals surface area contributed by atoms with E-state index in [1.165, 1.54) is 54.9 Å². The molecule has 12 rings (SSSR count). The van der Waals surface area contributed by atoms with Gasteiger partial charge in [-0.25, -0.2) is 0 Å². The number of para-hydroxylation sites is 1. The van der Waals surface area contributed by atoms with Crippen molar-refractivity contribution < 1.29 is 8.83 Å². The Kier molecular flexibility index (Phi) is 6.20. The summed E-state index contributed by atoms with van der Waals surface area (Å²) in [6.07, 6.45) is 14.6. The lowest BCUT2D eigenvalue weighted by Gasteiger charge is -2.25. The van der Waals surface area contributed by atoms with Gasteiger partial charge < -0.3 is 8.83 Å². The number of allylic oxidation sites excluding steroid dienone is 8. The van der Waals surface area contributed by atoms with Crippen molar-refractivity contribution in [2.75, 3.05) is 0 Å². The third kappa shape index (κ3) is 4.28. The highest BCUT2D eigenvalue weighted by molar-refractivity contribution is 6.25. The molecule has 8 aromatic carbocycles. The van der Waals surface area contributed by atoms with Crippen LogP contribution in [0.1, 0.15) is 12.0 Å². The van der Waals surface area contributed by atoms with E-state index in [0.29, 0.717) is 5.92 Å². The van der Waals surface area contributed by atoms with Gasteiger partial charge in [-0.1, -0.05) is 134 Å². The van der Waals surface area contributed by atoms with Crippen molar-refractivity contribution >= 4 is 81.8 Å². The standard InChI is InChI=1S/C52H32O2/c1-2-11-32-28-36(21-20-31(32)10-1)50-39-16-5-3-14-37(39)49(38-15-4-6-17-40(38)50)35-13-9-12-33(29-35)34-22-26-47-45(30-34)43-24-23-41-42(52(43)54-47)25-27-48-51(41)44-18-7-8-19-46(44)53-48/h1-27,29-30,32H,28H2. The molecule has 2 heteroatoms. The lowest BCUT2D eigenvalue weighted by atomic mass is 9.78. The second-order valence-corrected chi connectivity index (χ2v) is 14.7. The summed E-state index contributed by atoms with van der Waals surface area (Å²) in [5.74, 6) is 0.417. The van der Waals surface area contributed by atoms with Gasteiger partial charge >= 0.3 is 0 Å².